The van der Waals surface area contributed by atoms with E-state index in [-0.39, 0.29) is 41.3 Å². The van der Waals surface area contributed by atoms with Gasteiger partial charge in [0.2, 0.25) is 11.8 Å². The molecule has 1 heterocycles. The third-order valence-corrected chi connectivity index (χ3v) is 5.59. The Hall–Kier alpha value is -2.43. The highest BCUT2D eigenvalue weighted by molar-refractivity contribution is 6.23. The molecule has 5 nitrogen and oxygen atoms in total. The van der Waals surface area contributed by atoms with Gasteiger partial charge in [0.05, 0.1) is 24.6 Å². The molecule has 124 valence electrons. The molecule has 2 fully saturated rings. The van der Waals surface area contributed by atoms with Gasteiger partial charge in [0.1, 0.15) is 5.75 Å². The zero-order chi connectivity index (χ0) is 17.0. The Morgan fingerprint density at radius 1 is 1.08 bits per heavy atom. The Morgan fingerprint density at radius 3 is 2.12 bits per heavy atom. The van der Waals surface area contributed by atoms with E-state index in [2.05, 4.69) is 12.2 Å². The summed E-state index contributed by atoms with van der Waals surface area (Å²) in [6, 6.07) is 4.87. The zero-order valence-electron chi connectivity index (χ0n) is 13.7. The summed E-state index contributed by atoms with van der Waals surface area (Å²) in [6.45, 7) is 1.46. The summed E-state index contributed by atoms with van der Waals surface area (Å²) in [7, 11) is 1.50. The lowest BCUT2D eigenvalue weighted by Gasteiger charge is -2.38. The number of hydrogen-bond acceptors (Lipinski definition) is 4. The molecular formula is C19H19NO4. The highest BCUT2D eigenvalue weighted by atomic mass is 16.5. The highest BCUT2D eigenvalue weighted by Gasteiger charge is 2.57. The van der Waals surface area contributed by atoms with Crippen molar-refractivity contribution in [2.75, 3.05) is 12.0 Å². The van der Waals surface area contributed by atoms with Crippen molar-refractivity contribution >= 4 is 23.3 Å². The molecule has 0 radical (unpaired) electrons. The van der Waals surface area contributed by atoms with Crippen LogP contribution in [0, 0.1) is 23.7 Å². The van der Waals surface area contributed by atoms with Crippen LogP contribution in [0.25, 0.3) is 0 Å². The minimum atomic E-state index is -0.271. The van der Waals surface area contributed by atoms with E-state index < -0.39 is 0 Å². The Morgan fingerprint density at radius 2 is 1.67 bits per heavy atom. The lowest BCUT2D eigenvalue weighted by atomic mass is 9.63. The summed E-state index contributed by atoms with van der Waals surface area (Å²) in [6.07, 6.45) is 6.10. The first kappa shape index (κ1) is 15.1. The van der Waals surface area contributed by atoms with Gasteiger partial charge in [-0.15, -0.1) is 0 Å². The average Bonchev–Trinajstić information content (AvgIpc) is 2.88. The first-order chi connectivity index (χ1) is 11.5. The number of rotatable bonds is 3. The Balaban J connectivity index is 1.80. The summed E-state index contributed by atoms with van der Waals surface area (Å²) in [5, 5.41) is 0. The van der Waals surface area contributed by atoms with Gasteiger partial charge in [0.25, 0.3) is 0 Å². The highest BCUT2D eigenvalue weighted by Crippen LogP contribution is 2.51. The van der Waals surface area contributed by atoms with Gasteiger partial charge in [-0.05, 0) is 49.8 Å². The van der Waals surface area contributed by atoms with Crippen LogP contribution in [0.5, 0.6) is 5.75 Å². The second-order valence-electron chi connectivity index (χ2n) is 6.80. The van der Waals surface area contributed by atoms with Gasteiger partial charge in [0.15, 0.2) is 5.78 Å². The predicted octanol–water partition coefficient (Wildman–Crippen LogP) is 2.60. The molecule has 1 saturated carbocycles. The molecule has 4 aliphatic rings. The molecule has 5 rings (SSSR count). The fourth-order valence-corrected chi connectivity index (χ4v) is 4.40. The molecule has 2 bridgehead atoms. The minimum absolute atomic E-state index is 0.114. The van der Waals surface area contributed by atoms with Crippen LogP contribution in [-0.4, -0.2) is 24.7 Å². The number of fused-ring (bicyclic) bond motifs is 1. The number of ketones is 1. The van der Waals surface area contributed by atoms with Gasteiger partial charge in [-0.1, -0.05) is 12.2 Å². The van der Waals surface area contributed by atoms with E-state index in [1.165, 1.54) is 18.9 Å². The lowest BCUT2D eigenvalue weighted by Crippen LogP contribution is -2.38. The molecule has 2 amide bonds. The number of carbonyl (C=O) groups is 3. The summed E-state index contributed by atoms with van der Waals surface area (Å²) in [4.78, 5) is 39.0. The van der Waals surface area contributed by atoms with Crippen molar-refractivity contribution in [1.82, 2.24) is 0 Å². The molecule has 1 aromatic carbocycles. The molecule has 0 N–H and O–H groups in total. The van der Waals surface area contributed by atoms with Crippen LogP contribution >= 0.6 is 0 Å². The molecule has 0 unspecified atom stereocenters. The SMILES string of the molecule is COc1ccc(C(C)=O)cc1N1C(=O)[C@@H]2[C@@H](C1=O)[C@H]1C=C[C@H]2CC1. The van der Waals surface area contributed by atoms with Gasteiger partial charge in [-0.25, -0.2) is 4.90 Å². The molecule has 1 aliphatic heterocycles. The maximum atomic E-state index is 13.0. The molecule has 5 heteroatoms. The second-order valence-corrected chi connectivity index (χ2v) is 6.80. The van der Waals surface area contributed by atoms with Crippen molar-refractivity contribution in [1.29, 1.82) is 0 Å². The number of imide groups is 1. The van der Waals surface area contributed by atoms with E-state index in [1.807, 2.05) is 0 Å². The van der Waals surface area contributed by atoms with E-state index >= 15 is 0 Å². The smallest absolute Gasteiger partial charge is 0.238 e. The van der Waals surface area contributed by atoms with E-state index in [0.29, 0.717) is 17.0 Å². The van der Waals surface area contributed by atoms with Gasteiger partial charge in [-0.3, -0.25) is 14.4 Å². The number of allylic oxidation sites excluding steroid dienone is 2. The van der Waals surface area contributed by atoms with Crippen molar-refractivity contribution in [3.05, 3.63) is 35.9 Å². The van der Waals surface area contributed by atoms with Crippen molar-refractivity contribution in [3.8, 4) is 5.75 Å². The average molecular weight is 325 g/mol. The number of anilines is 1. The number of Topliss-reactive ketones (excluding diaryl/α,β-unsaturated/α-hetero) is 1. The minimum Gasteiger partial charge on any atom is -0.495 e. The fourth-order valence-electron chi connectivity index (χ4n) is 4.40. The number of ether oxygens (including phenoxy) is 1. The maximum Gasteiger partial charge on any atom is 0.238 e. The first-order valence-electron chi connectivity index (χ1n) is 8.28. The number of amides is 2. The van der Waals surface area contributed by atoms with E-state index in [4.69, 9.17) is 4.74 Å². The summed E-state index contributed by atoms with van der Waals surface area (Å²) in [5.41, 5.74) is 0.844. The molecule has 1 saturated heterocycles. The first-order valence-corrected chi connectivity index (χ1v) is 8.28. The summed E-state index contributed by atoms with van der Waals surface area (Å²) >= 11 is 0. The summed E-state index contributed by atoms with van der Waals surface area (Å²) in [5.74, 6) is -0.269. The van der Waals surface area contributed by atoms with Crippen LogP contribution in [-0.2, 0) is 9.59 Å². The summed E-state index contributed by atoms with van der Waals surface area (Å²) < 4.78 is 5.34. The van der Waals surface area contributed by atoms with Gasteiger partial charge < -0.3 is 4.74 Å². The molecule has 4 atom stereocenters. The molecular weight excluding hydrogens is 306 g/mol. The van der Waals surface area contributed by atoms with Crippen molar-refractivity contribution in [3.63, 3.8) is 0 Å². The number of methoxy groups -OCH3 is 1. The monoisotopic (exact) mass is 325 g/mol. The normalized spacial score (nSPS) is 30.7. The number of benzene rings is 1. The fraction of sp³-hybridized carbons (Fsp3) is 0.421. The third-order valence-electron chi connectivity index (χ3n) is 5.59. The zero-order valence-corrected chi connectivity index (χ0v) is 13.7. The standard InChI is InChI=1S/C19H19NO4/c1-10(21)13-7-8-15(24-2)14(9-13)20-18(22)16-11-3-4-12(6-5-11)17(16)19(20)23/h3-4,7-9,11-12,16-17H,5-6H2,1-2H3/t11-,12-,16-,17-/m0/s1. The number of nitrogens with zero attached hydrogens (tertiary/aromatic N) is 1. The quantitative estimate of drug-likeness (QED) is 0.487. The lowest BCUT2D eigenvalue weighted by molar-refractivity contribution is -0.124. The largest absolute Gasteiger partial charge is 0.495 e. The Labute approximate surface area is 140 Å². The topological polar surface area (TPSA) is 63.7 Å². The molecule has 24 heavy (non-hydrogen) atoms. The van der Waals surface area contributed by atoms with Crippen LogP contribution in [0.4, 0.5) is 5.69 Å². The van der Waals surface area contributed by atoms with Crippen LogP contribution in [0.15, 0.2) is 30.4 Å². The van der Waals surface area contributed by atoms with Crippen LogP contribution in [0.2, 0.25) is 0 Å². The van der Waals surface area contributed by atoms with Crippen LogP contribution in [0.3, 0.4) is 0 Å². The predicted molar refractivity (Wildman–Crippen MR) is 87.8 cm³/mol. The van der Waals surface area contributed by atoms with Crippen LogP contribution < -0.4 is 9.64 Å². The van der Waals surface area contributed by atoms with Crippen LogP contribution in [0.1, 0.15) is 30.1 Å². The van der Waals surface area contributed by atoms with Gasteiger partial charge >= 0.3 is 0 Å². The Kier molecular flexibility index (Phi) is 3.34. The molecule has 1 aromatic rings. The van der Waals surface area contributed by atoms with Crippen molar-refractivity contribution < 1.29 is 19.1 Å². The third kappa shape index (κ3) is 1.97. The van der Waals surface area contributed by atoms with E-state index in [9.17, 15) is 14.4 Å². The van der Waals surface area contributed by atoms with Crippen molar-refractivity contribution in [2.45, 2.75) is 19.8 Å². The second kappa shape index (κ2) is 5.30. The van der Waals surface area contributed by atoms with Crippen molar-refractivity contribution in [2.24, 2.45) is 23.7 Å². The van der Waals surface area contributed by atoms with E-state index in [1.54, 1.807) is 18.2 Å². The number of carbonyl (C=O) groups excluding carboxylic acids is 3. The van der Waals surface area contributed by atoms with E-state index in [0.717, 1.165) is 12.8 Å². The van der Waals surface area contributed by atoms with Gasteiger partial charge in [-0.2, -0.15) is 0 Å². The maximum absolute atomic E-state index is 13.0. The van der Waals surface area contributed by atoms with Gasteiger partial charge in [0, 0.05) is 5.56 Å². The Bertz CT molecular complexity index is 750. The molecule has 0 spiro atoms. The molecule has 0 aromatic heterocycles. The molecule has 3 aliphatic carbocycles. The number of hydrogen-bond donors (Lipinski definition) is 0.